The highest BCUT2D eigenvalue weighted by Crippen LogP contribution is 2.29. The first-order valence-corrected chi connectivity index (χ1v) is 7.13. The molecule has 2 amide bonds. The predicted octanol–water partition coefficient (Wildman–Crippen LogP) is 1.85. The Bertz CT molecular complexity index is 655. The second kappa shape index (κ2) is 7.86. The molecule has 1 aromatic rings. The van der Waals surface area contributed by atoms with Crippen molar-refractivity contribution in [1.29, 1.82) is 0 Å². The van der Waals surface area contributed by atoms with Gasteiger partial charge in [0.25, 0.3) is 5.91 Å². The number of alkyl halides is 3. The molecule has 0 unspecified atom stereocenters. The summed E-state index contributed by atoms with van der Waals surface area (Å²) in [5.74, 6) is -0.998. The molecule has 0 heterocycles. The molecular formula is C15H19F3N4O3. The van der Waals surface area contributed by atoms with Crippen molar-refractivity contribution in [2.75, 3.05) is 11.9 Å². The van der Waals surface area contributed by atoms with E-state index in [4.69, 9.17) is 10.6 Å². The number of anilines is 1. The van der Waals surface area contributed by atoms with Gasteiger partial charge in [-0.1, -0.05) is 5.16 Å². The van der Waals surface area contributed by atoms with E-state index in [1.807, 2.05) is 0 Å². The van der Waals surface area contributed by atoms with Crippen molar-refractivity contribution in [1.82, 2.24) is 5.32 Å². The van der Waals surface area contributed by atoms with Gasteiger partial charge in [0.15, 0.2) is 12.4 Å². The van der Waals surface area contributed by atoms with Gasteiger partial charge in [0.05, 0.1) is 11.1 Å². The molecule has 1 aromatic carbocycles. The first-order valence-electron chi connectivity index (χ1n) is 7.13. The molecule has 0 saturated carbocycles. The van der Waals surface area contributed by atoms with E-state index in [0.29, 0.717) is 0 Å². The van der Waals surface area contributed by atoms with Gasteiger partial charge in [-0.05, 0) is 38.1 Å². The number of carbonyl (C=O) groups is 2. The molecule has 0 radical (unpaired) electrons. The Morgan fingerprint density at radius 2 is 1.76 bits per heavy atom. The summed E-state index contributed by atoms with van der Waals surface area (Å²) in [4.78, 5) is 27.5. The van der Waals surface area contributed by atoms with Gasteiger partial charge < -0.3 is 21.2 Å². The lowest BCUT2D eigenvalue weighted by molar-refractivity contribution is -0.137. The zero-order valence-electron chi connectivity index (χ0n) is 13.9. The van der Waals surface area contributed by atoms with Gasteiger partial charge in [-0.3, -0.25) is 9.59 Å². The Morgan fingerprint density at radius 1 is 1.20 bits per heavy atom. The van der Waals surface area contributed by atoms with E-state index in [2.05, 4.69) is 15.8 Å². The number of hydrogen-bond acceptors (Lipinski definition) is 4. The van der Waals surface area contributed by atoms with Crippen molar-refractivity contribution in [3.05, 3.63) is 29.8 Å². The van der Waals surface area contributed by atoms with E-state index >= 15 is 0 Å². The van der Waals surface area contributed by atoms with Crippen LogP contribution in [0, 0.1) is 0 Å². The normalized spacial score (nSPS) is 12.5. The molecule has 25 heavy (non-hydrogen) atoms. The maximum atomic E-state index is 12.4. The van der Waals surface area contributed by atoms with Crippen LogP contribution in [0.3, 0.4) is 0 Å². The number of nitrogens with one attached hydrogen (secondary N) is 2. The third kappa shape index (κ3) is 6.69. The Kier molecular flexibility index (Phi) is 6.37. The van der Waals surface area contributed by atoms with Crippen LogP contribution in [0.4, 0.5) is 18.9 Å². The van der Waals surface area contributed by atoms with Crippen LogP contribution >= 0.6 is 0 Å². The number of amides is 2. The lowest BCUT2D eigenvalue weighted by atomic mass is 10.0. The Labute approximate surface area is 142 Å². The summed E-state index contributed by atoms with van der Waals surface area (Å²) < 4.78 is 37.3. The molecule has 0 aliphatic heterocycles. The van der Waals surface area contributed by atoms with E-state index in [1.54, 1.807) is 13.8 Å². The number of nitrogens with zero attached hydrogens (tertiary/aromatic N) is 1. The maximum Gasteiger partial charge on any atom is 0.416 e. The average Bonchev–Trinajstić information content (AvgIpc) is 2.45. The molecule has 138 valence electrons. The number of halogens is 3. The van der Waals surface area contributed by atoms with Crippen LogP contribution < -0.4 is 16.4 Å². The summed E-state index contributed by atoms with van der Waals surface area (Å²) in [6.07, 6.45) is -4.45. The third-order valence-corrected chi connectivity index (χ3v) is 2.98. The van der Waals surface area contributed by atoms with E-state index in [-0.39, 0.29) is 17.4 Å². The third-order valence-electron chi connectivity index (χ3n) is 2.98. The summed E-state index contributed by atoms with van der Waals surface area (Å²) in [6.45, 7) is 4.00. The van der Waals surface area contributed by atoms with Crippen LogP contribution in [-0.2, 0) is 20.6 Å². The fraction of sp³-hybridized carbons (Fsp3) is 0.400. The van der Waals surface area contributed by atoms with Crippen molar-refractivity contribution in [3.63, 3.8) is 0 Å². The van der Waals surface area contributed by atoms with Gasteiger partial charge in [0.2, 0.25) is 5.91 Å². The minimum Gasteiger partial charge on any atom is -0.384 e. The van der Waals surface area contributed by atoms with Crippen LogP contribution in [0.5, 0.6) is 0 Å². The second-order valence-electron chi connectivity index (χ2n) is 5.68. The SMILES string of the molecule is CC(=O)NC(C)(C)/C(N)=N/OCC(=O)Nc1ccc(C(F)(F)F)cc1. The van der Waals surface area contributed by atoms with Gasteiger partial charge in [-0.25, -0.2) is 0 Å². The monoisotopic (exact) mass is 360 g/mol. The molecule has 10 heteroatoms. The molecule has 0 atom stereocenters. The quantitative estimate of drug-likeness (QED) is 0.409. The number of benzene rings is 1. The number of carbonyl (C=O) groups excluding carboxylic acids is 2. The van der Waals surface area contributed by atoms with Crippen molar-refractivity contribution >= 4 is 23.3 Å². The molecule has 0 bridgehead atoms. The van der Waals surface area contributed by atoms with Crippen molar-refractivity contribution in [3.8, 4) is 0 Å². The summed E-state index contributed by atoms with van der Waals surface area (Å²) in [7, 11) is 0. The van der Waals surface area contributed by atoms with Crippen LogP contribution in [0.2, 0.25) is 0 Å². The van der Waals surface area contributed by atoms with Gasteiger partial charge in [0.1, 0.15) is 0 Å². The molecule has 0 saturated heterocycles. The summed E-state index contributed by atoms with van der Waals surface area (Å²) in [5, 5.41) is 8.45. The molecule has 4 N–H and O–H groups in total. The first kappa shape index (κ1) is 20.3. The summed E-state index contributed by atoms with van der Waals surface area (Å²) in [5.41, 5.74) is 4.06. The molecule has 0 aliphatic rings. The van der Waals surface area contributed by atoms with E-state index < -0.39 is 29.8 Å². The van der Waals surface area contributed by atoms with Gasteiger partial charge in [-0.15, -0.1) is 0 Å². The lowest BCUT2D eigenvalue weighted by Crippen LogP contribution is -2.52. The Balaban J connectivity index is 2.55. The van der Waals surface area contributed by atoms with Gasteiger partial charge >= 0.3 is 6.18 Å². The molecule has 1 rings (SSSR count). The van der Waals surface area contributed by atoms with Gasteiger partial charge in [0, 0.05) is 12.6 Å². The van der Waals surface area contributed by atoms with Crippen LogP contribution in [0.15, 0.2) is 29.4 Å². The topological polar surface area (TPSA) is 106 Å². The Morgan fingerprint density at radius 3 is 2.24 bits per heavy atom. The molecule has 0 spiro atoms. The first-order chi connectivity index (χ1) is 11.4. The number of rotatable bonds is 6. The zero-order chi connectivity index (χ0) is 19.3. The fourth-order valence-electron chi connectivity index (χ4n) is 1.72. The zero-order valence-corrected chi connectivity index (χ0v) is 13.9. The fourth-order valence-corrected chi connectivity index (χ4v) is 1.72. The van der Waals surface area contributed by atoms with E-state index in [1.165, 1.54) is 6.92 Å². The average molecular weight is 360 g/mol. The van der Waals surface area contributed by atoms with Crippen molar-refractivity contribution in [2.24, 2.45) is 10.9 Å². The van der Waals surface area contributed by atoms with Crippen molar-refractivity contribution in [2.45, 2.75) is 32.5 Å². The number of amidine groups is 1. The summed E-state index contributed by atoms with van der Waals surface area (Å²) in [6, 6.07) is 3.95. The lowest BCUT2D eigenvalue weighted by Gasteiger charge is -2.24. The minimum absolute atomic E-state index is 0.0509. The van der Waals surface area contributed by atoms with Gasteiger partial charge in [-0.2, -0.15) is 13.2 Å². The predicted molar refractivity (Wildman–Crippen MR) is 85.5 cm³/mol. The molecule has 7 nitrogen and oxygen atoms in total. The number of nitrogens with two attached hydrogens (primary N) is 1. The molecule has 0 fully saturated rings. The Hall–Kier alpha value is -2.78. The second-order valence-corrected chi connectivity index (χ2v) is 5.68. The smallest absolute Gasteiger partial charge is 0.384 e. The molecule has 0 aromatic heterocycles. The molecule has 0 aliphatic carbocycles. The minimum atomic E-state index is -4.45. The standard InChI is InChI=1S/C15H19F3N4O3/c1-9(23)21-14(2,3)13(19)22-25-8-12(24)20-11-6-4-10(5-7-11)15(16,17)18/h4-7H,8H2,1-3H3,(H2,19,22)(H,20,24)(H,21,23). The number of oxime groups is 1. The van der Waals surface area contributed by atoms with E-state index in [0.717, 1.165) is 24.3 Å². The number of hydrogen-bond donors (Lipinski definition) is 3. The van der Waals surface area contributed by atoms with Crippen LogP contribution in [0.1, 0.15) is 26.3 Å². The van der Waals surface area contributed by atoms with E-state index in [9.17, 15) is 22.8 Å². The highest BCUT2D eigenvalue weighted by molar-refractivity contribution is 5.93. The van der Waals surface area contributed by atoms with Crippen LogP contribution in [0.25, 0.3) is 0 Å². The van der Waals surface area contributed by atoms with Crippen LogP contribution in [-0.4, -0.2) is 29.8 Å². The molecular weight excluding hydrogens is 341 g/mol. The van der Waals surface area contributed by atoms with Crippen molar-refractivity contribution < 1.29 is 27.6 Å². The highest BCUT2D eigenvalue weighted by atomic mass is 19.4. The summed E-state index contributed by atoms with van der Waals surface area (Å²) >= 11 is 0. The largest absolute Gasteiger partial charge is 0.416 e. The maximum absolute atomic E-state index is 12.4. The highest BCUT2D eigenvalue weighted by Gasteiger charge is 2.30.